The Labute approximate surface area is 245 Å². The zero-order valence-corrected chi connectivity index (χ0v) is 24.0. The first-order valence-electron chi connectivity index (χ1n) is 15.7. The van der Waals surface area contributed by atoms with Crippen LogP contribution in [0.5, 0.6) is 5.75 Å². The number of carboxylic acid groups (broad SMARTS) is 1. The molecule has 2 aliphatic carbocycles. The Bertz CT molecular complexity index is 1640. The third kappa shape index (κ3) is 4.47. The van der Waals surface area contributed by atoms with Gasteiger partial charge in [0.2, 0.25) is 0 Å². The molecule has 8 nitrogen and oxygen atoms in total. The number of nitrogens with one attached hydrogen (secondary N) is 1. The van der Waals surface area contributed by atoms with Gasteiger partial charge in [-0.05, 0) is 125 Å². The molecule has 8 heteroatoms. The number of likely N-dealkylation sites (tertiary alicyclic amines) is 2. The third-order valence-corrected chi connectivity index (χ3v) is 11.1. The Morgan fingerprint density at radius 3 is 2.29 bits per heavy atom. The summed E-state index contributed by atoms with van der Waals surface area (Å²) in [6, 6.07) is 17.5. The van der Waals surface area contributed by atoms with Gasteiger partial charge in [0.05, 0.1) is 11.6 Å². The van der Waals surface area contributed by atoms with Gasteiger partial charge in [0, 0.05) is 33.9 Å². The predicted octanol–water partition coefficient (Wildman–Crippen LogP) is 5.77. The average molecular weight is 566 g/mol. The maximum atomic E-state index is 11.2. The molecule has 4 heterocycles. The van der Waals surface area contributed by atoms with Gasteiger partial charge >= 0.3 is 5.97 Å². The van der Waals surface area contributed by atoms with E-state index >= 15 is 0 Å². The summed E-state index contributed by atoms with van der Waals surface area (Å²) in [7, 11) is 0. The zero-order valence-electron chi connectivity index (χ0n) is 24.0. The van der Waals surface area contributed by atoms with Crippen LogP contribution in [0.1, 0.15) is 62.8 Å². The van der Waals surface area contributed by atoms with Gasteiger partial charge in [-0.1, -0.05) is 18.2 Å². The number of carboxylic acids is 1. The summed E-state index contributed by atoms with van der Waals surface area (Å²) in [6.07, 6.45) is 9.14. The Morgan fingerprint density at radius 2 is 1.55 bits per heavy atom. The molecule has 3 N–H and O–H groups in total. The van der Waals surface area contributed by atoms with Crippen LogP contribution in [0.4, 0.5) is 0 Å². The van der Waals surface area contributed by atoms with Gasteiger partial charge in [-0.15, -0.1) is 10.2 Å². The number of aromatic amines is 1. The molecule has 0 bridgehead atoms. The molecule has 42 heavy (non-hydrogen) atoms. The van der Waals surface area contributed by atoms with E-state index in [1.165, 1.54) is 62.6 Å². The molecular weight excluding hydrogens is 526 g/mol. The highest BCUT2D eigenvalue weighted by Gasteiger charge is 2.56. The van der Waals surface area contributed by atoms with Crippen LogP contribution in [0.25, 0.3) is 33.2 Å². The topological polar surface area (TPSA) is 106 Å². The fourth-order valence-electron chi connectivity index (χ4n) is 8.69. The second kappa shape index (κ2) is 10.1. The number of aromatic nitrogens is 3. The number of hydrogen-bond acceptors (Lipinski definition) is 6. The predicted molar refractivity (Wildman–Crippen MR) is 162 cm³/mol. The van der Waals surface area contributed by atoms with Gasteiger partial charge in [0.15, 0.2) is 5.65 Å². The van der Waals surface area contributed by atoms with Crippen molar-refractivity contribution in [3.63, 3.8) is 0 Å². The van der Waals surface area contributed by atoms with Gasteiger partial charge in [-0.25, -0.2) is 0 Å². The minimum atomic E-state index is -0.596. The van der Waals surface area contributed by atoms with E-state index in [0.29, 0.717) is 34.7 Å². The quantitative estimate of drug-likeness (QED) is 0.282. The van der Waals surface area contributed by atoms with Gasteiger partial charge in [0.1, 0.15) is 5.75 Å². The Hall–Kier alpha value is -3.49. The van der Waals surface area contributed by atoms with Crippen molar-refractivity contribution in [1.82, 2.24) is 25.0 Å². The van der Waals surface area contributed by atoms with Gasteiger partial charge in [-0.2, -0.15) is 0 Å². The Morgan fingerprint density at radius 1 is 0.833 bits per heavy atom. The maximum absolute atomic E-state index is 11.2. The van der Waals surface area contributed by atoms with Crippen LogP contribution < -0.4 is 0 Å². The zero-order chi connectivity index (χ0) is 28.4. The summed E-state index contributed by atoms with van der Waals surface area (Å²) in [5, 5.41) is 30.6. The Balaban J connectivity index is 0.889. The number of H-pyrrole nitrogens is 1. The van der Waals surface area contributed by atoms with Crippen LogP contribution in [0, 0.1) is 11.3 Å². The summed E-state index contributed by atoms with van der Waals surface area (Å²) >= 11 is 0. The second-order valence-corrected chi connectivity index (χ2v) is 13.5. The number of fused-ring (bicyclic) bond motifs is 3. The molecule has 4 aromatic rings. The molecule has 0 amide bonds. The van der Waals surface area contributed by atoms with E-state index in [-0.39, 0.29) is 11.7 Å². The van der Waals surface area contributed by atoms with Crippen LogP contribution in [0.2, 0.25) is 0 Å². The Kier molecular flexibility index (Phi) is 6.26. The van der Waals surface area contributed by atoms with Crippen molar-refractivity contribution in [2.24, 2.45) is 11.3 Å². The molecule has 2 aromatic carbocycles. The van der Waals surface area contributed by atoms with Crippen molar-refractivity contribution in [3.8, 4) is 17.0 Å². The van der Waals surface area contributed by atoms with Gasteiger partial charge < -0.3 is 25.0 Å². The lowest BCUT2D eigenvalue weighted by Crippen LogP contribution is -2.59. The van der Waals surface area contributed by atoms with E-state index in [1.54, 1.807) is 6.07 Å². The molecule has 2 aliphatic heterocycles. The molecule has 0 unspecified atom stereocenters. The van der Waals surface area contributed by atoms with E-state index in [4.69, 9.17) is 0 Å². The smallest absolute Gasteiger partial charge is 0.306 e. The number of para-hydroxylation sites is 1. The highest BCUT2D eigenvalue weighted by Crippen LogP contribution is 2.60. The number of carbonyl (C=O) groups is 1. The number of aliphatic carboxylic acids is 1. The van der Waals surface area contributed by atoms with E-state index < -0.39 is 5.97 Å². The fraction of sp³-hybridized carbons (Fsp3) is 0.500. The summed E-state index contributed by atoms with van der Waals surface area (Å²) < 4.78 is 0. The minimum Gasteiger partial charge on any atom is -0.507 e. The maximum Gasteiger partial charge on any atom is 0.306 e. The highest BCUT2D eigenvalue weighted by molar-refractivity contribution is 6.06. The summed E-state index contributed by atoms with van der Waals surface area (Å²) in [5.74, 6) is 0.0960. The van der Waals surface area contributed by atoms with E-state index in [0.717, 1.165) is 42.5 Å². The number of phenols is 1. The number of rotatable bonds is 5. The third-order valence-electron chi connectivity index (χ3n) is 11.1. The van der Waals surface area contributed by atoms with Crippen LogP contribution >= 0.6 is 0 Å². The first-order valence-corrected chi connectivity index (χ1v) is 15.7. The fourth-order valence-corrected chi connectivity index (χ4v) is 8.69. The molecular formula is C34H39N5O3. The lowest BCUT2D eigenvalue weighted by Gasteiger charge is -2.60. The summed E-state index contributed by atoms with van der Waals surface area (Å²) in [6.45, 7) is 4.70. The monoisotopic (exact) mass is 565 g/mol. The van der Waals surface area contributed by atoms with E-state index in [9.17, 15) is 15.0 Å². The summed E-state index contributed by atoms with van der Waals surface area (Å²) in [4.78, 5) is 20.1. The summed E-state index contributed by atoms with van der Waals surface area (Å²) in [5.41, 5.74) is 4.98. The number of benzene rings is 2. The van der Waals surface area contributed by atoms with Crippen LogP contribution in [0.15, 0.2) is 48.5 Å². The lowest BCUT2D eigenvalue weighted by molar-refractivity contribution is -0.160. The minimum absolute atomic E-state index is 0.0823. The SMILES string of the molecule is O=C(O)C1CC2(C1)CC(N1CCC(N3CCC(c4ccc5[nH]c6nnc(-c7ccccc7O)cc6c5c4)CC3)CC1)C2. The number of hydrogen-bond donors (Lipinski definition) is 3. The molecule has 4 fully saturated rings. The van der Waals surface area contributed by atoms with Gasteiger partial charge in [0.25, 0.3) is 0 Å². The largest absolute Gasteiger partial charge is 0.507 e. The normalized spacial score (nSPS) is 27.8. The van der Waals surface area contributed by atoms with Crippen LogP contribution in [-0.4, -0.2) is 79.4 Å². The molecule has 0 atom stereocenters. The number of nitrogens with zero attached hydrogens (tertiary/aromatic N) is 4. The highest BCUT2D eigenvalue weighted by atomic mass is 16.4. The molecule has 1 spiro atoms. The second-order valence-electron chi connectivity index (χ2n) is 13.5. The van der Waals surface area contributed by atoms with Crippen molar-refractivity contribution in [2.75, 3.05) is 26.2 Å². The molecule has 2 aromatic heterocycles. The molecule has 4 aliphatic rings. The van der Waals surface area contributed by atoms with Crippen molar-refractivity contribution in [2.45, 2.75) is 69.4 Å². The van der Waals surface area contributed by atoms with E-state index in [2.05, 4.69) is 43.2 Å². The first kappa shape index (κ1) is 26.2. The number of piperidine rings is 2. The van der Waals surface area contributed by atoms with Crippen molar-refractivity contribution in [1.29, 1.82) is 0 Å². The standard InChI is InChI=1S/C34H39N5O3/c40-31-4-2-1-3-26(31)30-16-28-27-15-22(5-6-29(27)35-32(28)37-36-30)21-7-11-38(12-8-21)24-9-13-39(14-10-24)25-19-34(20-25)17-23(18-34)33(41)42/h1-6,15-16,21,23-25,40H,7-14,17-20H2,(H,35,37)(H,41,42). The van der Waals surface area contributed by atoms with Crippen molar-refractivity contribution >= 4 is 27.9 Å². The van der Waals surface area contributed by atoms with Gasteiger partial charge in [-0.3, -0.25) is 4.79 Å². The van der Waals surface area contributed by atoms with Crippen molar-refractivity contribution < 1.29 is 15.0 Å². The van der Waals surface area contributed by atoms with Crippen molar-refractivity contribution in [3.05, 3.63) is 54.1 Å². The lowest BCUT2D eigenvalue weighted by atomic mass is 9.49. The molecule has 0 radical (unpaired) electrons. The average Bonchev–Trinajstić information content (AvgIpc) is 3.33. The van der Waals surface area contributed by atoms with Crippen LogP contribution in [0.3, 0.4) is 0 Å². The number of aromatic hydroxyl groups is 1. The molecule has 218 valence electrons. The van der Waals surface area contributed by atoms with Crippen LogP contribution in [-0.2, 0) is 4.79 Å². The molecule has 8 rings (SSSR count). The number of phenolic OH excluding ortho intramolecular Hbond substituents is 1. The van der Waals surface area contributed by atoms with E-state index in [1.807, 2.05) is 24.3 Å². The first-order chi connectivity index (χ1) is 20.4. The molecule has 2 saturated heterocycles. The molecule has 2 saturated carbocycles.